The average molecular weight is 237 g/mol. The molecule has 0 radical (unpaired) electrons. The van der Waals surface area contributed by atoms with Crippen LogP contribution in [0.4, 0.5) is 4.39 Å². The van der Waals surface area contributed by atoms with E-state index in [1.165, 1.54) is 25.0 Å². The number of hydrogen-bond acceptors (Lipinski definition) is 2. The van der Waals surface area contributed by atoms with Crippen LogP contribution >= 0.6 is 0 Å². The fourth-order valence-corrected chi connectivity index (χ4v) is 2.06. The molecule has 1 aromatic carbocycles. The van der Waals surface area contributed by atoms with E-state index in [9.17, 15) is 9.50 Å². The molecule has 0 heterocycles. The highest BCUT2D eigenvalue weighted by Gasteiger charge is 2.32. The molecule has 2 atom stereocenters. The Morgan fingerprint density at radius 2 is 2.00 bits per heavy atom. The van der Waals surface area contributed by atoms with Crippen LogP contribution in [0.25, 0.3) is 0 Å². The molecular weight excluding hydrogens is 217 g/mol. The highest BCUT2D eigenvalue weighted by molar-refractivity contribution is 5.22. The summed E-state index contributed by atoms with van der Waals surface area (Å²) in [7, 11) is 0. The maximum absolute atomic E-state index is 12.9. The SMILES string of the molecule is CC[C@@H](O)CNC(c1ccc(F)cc1)C1CC1. The van der Waals surface area contributed by atoms with Crippen molar-refractivity contribution in [2.45, 2.75) is 38.3 Å². The minimum Gasteiger partial charge on any atom is -0.392 e. The van der Waals surface area contributed by atoms with Gasteiger partial charge in [-0.1, -0.05) is 19.1 Å². The van der Waals surface area contributed by atoms with Crippen molar-refractivity contribution in [2.24, 2.45) is 5.92 Å². The van der Waals surface area contributed by atoms with E-state index in [2.05, 4.69) is 5.32 Å². The van der Waals surface area contributed by atoms with Crippen molar-refractivity contribution in [3.63, 3.8) is 0 Å². The van der Waals surface area contributed by atoms with E-state index < -0.39 is 0 Å². The lowest BCUT2D eigenvalue weighted by Crippen LogP contribution is -2.31. The molecule has 0 aliphatic heterocycles. The van der Waals surface area contributed by atoms with E-state index in [0.29, 0.717) is 12.5 Å². The lowest BCUT2D eigenvalue weighted by molar-refractivity contribution is 0.161. The van der Waals surface area contributed by atoms with Crippen molar-refractivity contribution >= 4 is 0 Å². The van der Waals surface area contributed by atoms with Crippen molar-refractivity contribution in [3.05, 3.63) is 35.6 Å². The first-order valence-corrected chi connectivity index (χ1v) is 6.37. The number of aliphatic hydroxyl groups is 1. The van der Waals surface area contributed by atoms with E-state index in [1.54, 1.807) is 0 Å². The summed E-state index contributed by atoms with van der Waals surface area (Å²) in [4.78, 5) is 0. The van der Waals surface area contributed by atoms with E-state index in [4.69, 9.17) is 0 Å². The second-order valence-corrected chi connectivity index (χ2v) is 4.84. The molecule has 0 amide bonds. The van der Waals surface area contributed by atoms with Gasteiger partial charge in [0.25, 0.3) is 0 Å². The highest BCUT2D eigenvalue weighted by atomic mass is 19.1. The van der Waals surface area contributed by atoms with Crippen LogP contribution in [0.5, 0.6) is 0 Å². The van der Waals surface area contributed by atoms with Gasteiger partial charge in [-0.3, -0.25) is 0 Å². The maximum Gasteiger partial charge on any atom is 0.123 e. The number of aliphatic hydroxyl groups excluding tert-OH is 1. The van der Waals surface area contributed by atoms with E-state index in [-0.39, 0.29) is 18.0 Å². The minimum atomic E-state index is -0.295. The molecule has 2 nitrogen and oxygen atoms in total. The first kappa shape index (κ1) is 12.5. The molecule has 2 rings (SSSR count). The lowest BCUT2D eigenvalue weighted by Gasteiger charge is -2.20. The standard InChI is InChI=1S/C14H20FNO/c1-2-13(17)9-16-14(10-3-4-10)11-5-7-12(15)8-6-11/h5-8,10,13-14,16-17H,2-4,9H2,1H3/t13-,14?/m1/s1. The molecule has 3 heteroatoms. The highest BCUT2D eigenvalue weighted by Crippen LogP contribution is 2.40. The molecule has 1 aliphatic rings. The van der Waals surface area contributed by atoms with Gasteiger partial charge in [0.2, 0.25) is 0 Å². The summed E-state index contributed by atoms with van der Waals surface area (Å²) in [6.07, 6.45) is 2.90. The van der Waals surface area contributed by atoms with Gasteiger partial charge in [0.1, 0.15) is 5.82 Å². The van der Waals surface area contributed by atoms with Gasteiger partial charge in [-0.25, -0.2) is 4.39 Å². The normalized spacial score (nSPS) is 19.0. The zero-order valence-electron chi connectivity index (χ0n) is 10.2. The molecule has 1 unspecified atom stereocenters. The summed E-state index contributed by atoms with van der Waals surface area (Å²) in [6, 6.07) is 6.94. The Bertz CT molecular complexity index is 348. The second-order valence-electron chi connectivity index (χ2n) is 4.84. The van der Waals surface area contributed by atoms with E-state index in [0.717, 1.165) is 12.0 Å². The molecular formula is C14H20FNO. The van der Waals surface area contributed by atoms with Gasteiger partial charge in [-0.2, -0.15) is 0 Å². The predicted molar refractivity (Wildman–Crippen MR) is 66.2 cm³/mol. The minimum absolute atomic E-state index is 0.197. The Labute approximate surface area is 102 Å². The van der Waals surface area contributed by atoms with Gasteiger partial charge in [0.05, 0.1) is 6.10 Å². The molecule has 0 bridgehead atoms. The van der Waals surface area contributed by atoms with Crippen LogP contribution in [-0.2, 0) is 0 Å². The van der Waals surface area contributed by atoms with Crippen LogP contribution in [0.2, 0.25) is 0 Å². The topological polar surface area (TPSA) is 32.3 Å². The Kier molecular flexibility index (Phi) is 4.13. The number of hydrogen-bond donors (Lipinski definition) is 2. The quantitative estimate of drug-likeness (QED) is 0.797. The Hall–Kier alpha value is -0.930. The van der Waals surface area contributed by atoms with Crippen LogP contribution in [0.15, 0.2) is 24.3 Å². The van der Waals surface area contributed by atoms with Crippen molar-refractivity contribution in [2.75, 3.05) is 6.54 Å². The molecule has 0 spiro atoms. The molecule has 0 saturated heterocycles. The summed E-state index contributed by atoms with van der Waals surface area (Å²) >= 11 is 0. The average Bonchev–Trinajstić information content (AvgIpc) is 3.15. The fraction of sp³-hybridized carbons (Fsp3) is 0.571. The number of rotatable bonds is 6. The van der Waals surface area contributed by atoms with Crippen molar-refractivity contribution < 1.29 is 9.50 Å². The largest absolute Gasteiger partial charge is 0.392 e. The molecule has 17 heavy (non-hydrogen) atoms. The predicted octanol–water partition coefficient (Wildman–Crippen LogP) is 2.64. The number of halogens is 1. The number of benzene rings is 1. The molecule has 0 aromatic heterocycles. The molecule has 1 aromatic rings. The van der Waals surface area contributed by atoms with Crippen LogP contribution in [0, 0.1) is 11.7 Å². The van der Waals surface area contributed by atoms with Gasteiger partial charge in [0.15, 0.2) is 0 Å². The Morgan fingerprint density at radius 3 is 2.53 bits per heavy atom. The monoisotopic (exact) mass is 237 g/mol. The maximum atomic E-state index is 12.9. The molecule has 1 fully saturated rings. The van der Waals surface area contributed by atoms with Crippen molar-refractivity contribution in [1.82, 2.24) is 5.32 Å². The van der Waals surface area contributed by atoms with Crippen molar-refractivity contribution in [1.29, 1.82) is 0 Å². The van der Waals surface area contributed by atoms with Gasteiger partial charge in [-0.15, -0.1) is 0 Å². The summed E-state index contributed by atoms with van der Waals surface area (Å²) in [5.41, 5.74) is 1.12. The third-order valence-corrected chi connectivity index (χ3v) is 3.37. The first-order valence-electron chi connectivity index (χ1n) is 6.37. The Morgan fingerprint density at radius 1 is 1.35 bits per heavy atom. The molecule has 94 valence electrons. The Balaban J connectivity index is 1.99. The smallest absolute Gasteiger partial charge is 0.123 e. The zero-order chi connectivity index (χ0) is 12.3. The van der Waals surface area contributed by atoms with Gasteiger partial charge in [-0.05, 0) is 42.9 Å². The third kappa shape index (κ3) is 3.51. The summed E-state index contributed by atoms with van der Waals surface area (Å²) in [5.74, 6) is 0.446. The van der Waals surface area contributed by atoms with Gasteiger partial charge >= 0.3 is 0 Å². The molecule has 1 aliphatic carbocycles. The van der Waals surface area contributed by atoms with E-state index >= 15 is 0 Å². The second kappa shape index (κ2) is 5.61. The molecule has 1 saturated carbocycles. The van der Waals surface area contributed by atoms with Crippen LogP contribution in [0.3, 0.4) is 0 Å². The van der Waals surface area contributed by atoms with Gasteiger partial charge < -0.3 is 10.4 Å². The first-order chi connectivity index (χ1) is 8.20. The lowest BCUT2D eigenvalue weighted by atomic mass is 10.0. The van der Waals surface area contributed by atoms with Crippen LogP contribution in [-0.4, -0.2) is 17.8 Å². The summed E-state index contributed by atoms with van der Waals surface area (Å²) in [6.45, 7) is 2.57. The van der Waals surface area contributed by atoms with E-state index in [1.807, 2.05) is 19.1 Å². The van der Waals surface area contributed by atoms with Crippen LogP contribution in [0.1, 0.15) is 37.8 Å². The third-order valence-electron chi connectivity index (χ3n) is 3.37. The number of nitrogens with one attached hydrogen (secondary N) is 1. The zero-order valence-corrected chi connectivity index (χ0v) is 10.2. The summed E-state index contributed by atoms with van der Waals surface area (Å²) < 4.78 is 12.9. The van der Waals surface area contributed by atoms with Crippen molar-refractivity contribution in [3.8, 4) is 0 Å². The van der Waals surface area contributed by atoms with Crippen LogP contribution < -0.4 is 5.32 Å². The molecule has 2 N–H and O–H groups in total. The summed E-state index contributed by atoms with van der Waals surface area (Å²) in [5, 5.41) is 13.0. The van der Waals surface area contributed by atoms with Gasteiger partial charge in [0, 0.05) is 12.6 Å². The fourth-order valence-electron chi connectivity index (χ4n) is 2.06.